The van der Waals surface area contributed by atoms with Crippen molar-refractivity contribution in [3.8, 4) is 6.07 Å². The Balaban J connectivity index is 2.24. The van der Waals surface area contributed by atoms with Gasteiger partial charge in [0.1, 0.15) is 11.7 Å². The molecule has 0 unspecified atom stereocenters. The van der Waals surface area contributed by atoms with E-state index in [0.29, 0.717) is 17.7 Å². The summed E-state index contributed by atoms with van der Waals surface area (Å²) < 4.78 is 9.92. The molecule has 27 heavy (non-hydrogen) atoms. The van der Waals surface area contributed by atoms with Gasteiger partial charge in [0.2, 0.25) is 0 Å². The van der Waals surface area contributed by atoms with Crippen LogP contribution in [-0.2, 0) is 19.1 Å². The van der Waals surface area contributed by atoms with Crippen LogP contribution in [0.5, 0.6) is 0 Å². The van der Waals surface area contributed by atoms with Crippen molar-refractivity contribution in [1.29, 1.82) is 5.26 Å². The van der Waals surface area contributed by atoms with Crippen molar-refractivity contribution in [2.75, 3.05) is 18.5 Å². The number of benzene rings is 1. The highest BCUT2D eigenvalue weighted by Crippen LogP contribution is 2.20. The highest BCUT2D eigenvalue weighted by molar-refractivity contribution is 6.32. The molecular formula is C18H22ClN3O5. The Morgan fingerprint density at radius 2 is 1.96 bits per heavy atom. The molecule has 0 bridgehead atoms. The van der Waals surface area contributed by atoms with Crippen molar-refractivity contribution in [2.24, 2.45) is 0 Å². The first-order valence-electron chi connectivity index (χ1n) is 8.22. The monoisotopic (exact) mass is 395 g/mol. The number of esters is 1. The van der Waals surface area contributed by atoms with Crippen molar-refractivity contribution in [3.05, 3.63) is 28.8 Å². The molecule has 146 valence electrons. The molecule has 9 heteroatoms. The summed E-state index contributed by atoms with van der Waals surface area (Å²) in [5, 5.41) is 14.0. The minimum Gasteiger partial charge on any atom is -0.456 e. The fourth-order valence-corrected chi connectivity index (χ4v) is 2.06. The fourth-order valence-electron chi connectivity index (χ4n) is 1.84. The number of nitriles is 1. The molecule has 0 radical (unpaired) electrons. The van der Waals surface area contributed by atoms with E-state index < -0.39 is 30.2 Å². The van der Waals surface area contributed by atoms with Gasteiger partial charge in [0.25, 0.3) is 5.91 Å². The maximum absolute atomic E-state index is 11.8. The van der Waals surface area contributed by atoms with Gasteiger partial charge in [0, 0.05) is 18.7 Å². The lowest BCUT2D eigenvalue weighted by molar-refractivity contribution is -0.147. The Kier molecular flexibility index (Phi) is 8.56. The van der Waals surface area contributed by atoms with Gasteiger partial charge < -0.3 is 20.1 Å². The van der Waals surface area contributed by atoms with Crippen molar-refractivity contribution < 1.29 is 23.9 Å². The summed E-state index contributed by atoms with van der Waals surface area (Å²) in [6.07, 6.45) is -0.159. The highest BCUT2D eigenvalue weighted by atomic mass is 35.5. The zero-order valence-corrected chi connectivity index (χ0v) is 16.2. The molecule has 0 atom stereocenters. The van der Waals surface area contributed by atoms with Gasteiger partial charge in [-0.2, -0.15) is 5.26 Å². The molecule has 2 amide bonds. The number of alkyl carbamates (subject to hydrolysis) is 1. The van der Waals surface area contributed by atoms with E-state index in [1.54, 1.807) is 20.8 Å². The number of nitrogens with zero attached hydrogens (tertiary/aromatic N) is 1. The largest absolute Gasteiger partial charge is 0.456 e. The zero-order chi connectivity index (χ0) is 20.4. The number of anilines is 1. The van der Waals surface area contributed by atoms with Gasteiger partial charge in [0.15, 0.2) is 6.61 Å². The molecule has 0 aliphatic carbocycles. The first-order valence-corrected chi connectivity index (χ1v) is 8.60. The second-order valence-electron chi connectivity index (χ2n) is 6.55. The summed E-state index contributed by atoms with van der Waals surface area (Å²) in [5.74, 6) is -1.09. The lowest BCUT2D eigenvalue weighted by Gasteiger charge is -2.19. The molecule has 1 rings (SSSR count). The molecule has 0 aromatic heterocycles. The summed E-state index contributed by atoms with van der Waals surface area (Å²) in [6.45, 7) is 5.05. The molecule has 0 aliphatic rings. The van der Waals surface area contributed by atoms with Gasteiger partial charge >= 0.3 is 12.1 Å². The summed E-state index contributed by atoms with van der Waals surface area (Å²) in [6, 6.07) is 6.34. The molecule has 0 aliphatic heterocycles. The van der Waals surface area contributed by atoms with Crippen LogP contribution in [-0.4, -0.2) is 36.7 Å². The van der Waals surface area contributed by atoms with E-state index in [1.807, 2.05) is 6.07 Å². The van der Waals surface area contributed by atoms with Crippen LogP contribution in [0.3, 0.4) is 0 Å². The number of ether oxygens (including phenoxy) is 2. The average Bonchev–Trinajstić information content (AvgIpc) is 2.55. The Morgan fingerprint density at radius 3 is 2.56 bits per heavy atom. The molecule has 1 aromatic carbocycles. The van der Waals surface area contributed by atoms with E-state index in [-0.39, 0.29) is 18.0 Å². The number of carbonyl (C=O) groups is 3. The van der Waals surface area contributed by atoms with Crippen molar-refractivity contribution in [3.63, 3.8) is 0 Å². The molecule has 0 saturated carbocycles. The first-order chi connectivity index (χ1) is 12.6. The third-order valence-corrected chi connectivity index (χ3v) is 3.28. The van der Waals surface area contributed by atoms with E-state index in [0.717, 1.165) is 0 Å². The number of nitrogens with one attached hydrogen (secondary N) is 2. The third-order valence-electron chi connectivity index (χ3n) is 2.96. The van der Waals surface area contributed by atoms with Crippen LogP contribution in [0.15, 0.2) is 18.2 Å². The Hall–Kier alpha value is -2.79. The second kappa shape index (κ2) is 10.4. The van der Waals surface area contributed by atoms with Crippen LogP contribution in [0.25, 0.3) is 0 Å². The lowest BCUT2D eigenvalue weighted by atomic mass is 10.2. The second-order valence-corrected chi connectivity index (χ2v) is 6.95. The minimum absolute atomic E-state index is 0.0474. The maximum atomic E-state index is 11.8. The van der Waals surface area contributed by atoms with Crippen molar-refractivity contribution in [1.82, 2.24) is 5.32 Å². The zero-order valence-electron chi connectivity index (χ0n) is 15.4. The number of hydrogen-bond donors (Lipinski definition) is 2. The SMILES string of the molecule is CC(C)(C)OC(=O)NCCCC(=O)OCC(=O)Nc1ccc(C#N)c(Cl)c1. The lowest BCUT2D eigenvalue weighted by Crippen LogP contribution is -2.33. The quantitative estimate of drug-likeness (QED) is 0.541. The number of rotatable bonds is 7. The van der Waals surface area contributed by atoms with Gasteiger partial charge in [-0.3, -0.25) is 9.59 Å². The van der Waals surface area contributed by atoms with Crippen LogP contribution in [0.1, 0.15) is 39.2 Å². The van der Waals surface area contributed by atoms with E-state index in [4.69, 9.17) is 26.3 Å². The topological polar surface area (TPSA) is 118 Å². The number of amides is 2. The predicted molar refractivity (Wildman–Crippen MR) is 99.2 cm³/mol. The van der Waals surface area contributed by atoms with Gasteiger partial charge in [-0.15, -0.1) is 0 Å². The van der Waals surface area contributed by atoms with E-state index in [2.05, 4.69) is 10.6 Å². The summed E-state index contributed by atoms with van der Waals surface area (Å²) in [4.78, 5) is 34.8. The molecular weight excluding hydrogens is 374 g/mol. The standard InChI is InChI=1S/C18H22ClN3O5/c1-18(2,3)27-17(25)21-8-4-5-16(24)26-11-15(23)22-13-7-6-12(10-20)14(19)9-13/h6-7,9H,4-5,8,11H2,1-3H3,(H,21,25)(H,22,23). The molecule has 0 saturated heterocycles. The fraction of sp³-hybridized carbons (Fsp3) is 0.444. The average molecular weight is 396 g/mol. The summed E-state index contributed by atoms with van der Waals surface area (Å²) >= 11 is 5.87. The molecule has 0 heterocycles. The Labute approximate surface area is 162 Å². The van der Waals surface area contributed by atoms with E-state index in [9.17, 15) is 14.4 Å². The normalized spacial score (nSPS) is 10.5. The van der Waals surface area contributed by atoms with Crippen molar-refractivity contribution in [2.45, 2.75) is 39.2 Å². The van der Waals surface area contributed by atoms with Gasteiger partial charge in [0.05, 0.1) is 10.6 Å². The summed E-state index contributed by atoms with van der Waals surface area (Å²) in [7, 11) is 0. The highest BCUT2D eigenvalue weighted by Gasteiger charge is 2.15. The predicted octanol–water partition coefficient (Wildman–Crippen LogP) is 3.00. The first kappa shape index (κ1) is 22.3. The summed E-state index contributed by atoms with van der Waals surface area (Å²) in [5.41, 5.74) is 0.0953. The molecule has 0 fully saturated rings. The Morgan fingerprint density at radius 1 is 1.26 bits per heavy atom. The molecule has 2 N–H and O–H groups in total. The van der Waals surface area contributed by atoms with Crippen LogP contribution in [0, 0.1) is 11.3 Å². The van der Waals surface area contributed by atoms with Gasteiger partial charge in [-0.25, -0.2) is 4.79 Å². The van der Waals surface area contributed by atoms with Crippen molar-refractivity contribution >= 4 is 35.3 Å². The van der Waals surface area contributed by atoms with E-state index >= 15 is 0 Å². The maximum Gasteiger partial charge on any atom is 0.407 e. The van der Waals surface area contributed by atoms with Crippen LogP contribution in [0.2, 0.25) is 5.02 Å². The Bertz CT molecular complexity index is 737. The number of carbonyl (C=O) groups excluding carboxylic acids is 3. The van der Waals surface area contributed by atoms with Crippen LogP contribution in [0.4, 0.5) is 10.5 Å². The number of halogens is 1. The molecule has 0 spiro atoms. The third kappa shape index (κ3) is 9.47. The smallest absolute Gasteiger partial charge is 0.407 e. The van der Waals surface area contributed by atoms with Gasteiger partial charge in [-0.1, -0.05) is 11.6 Å². The van der Waals surface area contributed by atoms with Crippen LogP contribution < -0.4 is 10.6 Å². The molecule has 1 aromatic rings. The minimum atomic E-state index is -0.588. The number of hydrogen-bond acceptors (Lipinski definition) is 6. The molecule has 8 nitrogen and oxygen atoms in total. The van der Waals surface area contributed by atoms with E-state index in [1.165, 1.54) is 18.2 Å². The van der Waals surface area contributed by atoms with Crippen LogP contribution >= 0.6 is 11.6 Å². The van der Waals surface area contributed by atoms with Gasteiger partial charge in [-0.05, 0) is 45.4 Å².